The van der Waals surface area contributed by atoms with Gasteiger partial charge in [0.15, 0.2) is 6.61 Å². The van der Waals surface area contributed by atoms with Crippen LogP contribution in [0, 0.1) is 0 Å². The van der Waals surface area contributed by atoms with Crippen LogP contribution in [0.5, 0.6) is 0 Å². The number of hydrogen-bond donors (Lipinski definition) is 2. The van der Waals surface area contributed by atoms with Crippen molar-refractivity contribution in [1.29, 1.82) is 0 Å². The Labute approximate surface area is 173 Å². The summed E-state index contributed by atoms with van der Waals surface area (Å²) in [6, 6.07) is 12.2. The molecule has 0 heterocycles. The van der Waals surface area contributed by atoms with E-state index in [1.807, 2.05) is 19.1 Å². The van der Waals surface area contributed by atoms with Gasteiger partial charge in [0.2, 0.25) is 5.91 Å². The summed E-state index contributed by atoms with van der Waals surface area (Å²) in [5.74, 6) is -1.52. The first-order chi connectivity index (χ1) is 13.4. The molecule has 2 amide bonds. The molecule has 2 rings (SSSR count). The van der Waals surface area contributed by atoms with Crippen LogP contribution in [0.2, 0.25) is 10.0 Å². The first kappa shape index (κ1) is 21.7. The fourth-order valence-corrected chi connectivity index (χ4v) is 2.62. The van der Waals surface area contributed by atoms with E-state index in [0.717, 1.165) is 12.0 Å². The molecule has 8 heteroatoms. The summed E-state index contributed by atoms with van der Waals surface area (Å²) in [5.41, 5.74) is 2.14. The number of anilines is 2. The second-order valence-corrected chi connectivity index (χ2v) is 6.69. The zero-order valence-corrected chi connectivity index (χ0v) is 16.8. The average Bonchev–Trinajstić information content (AvgIpc) is 2.69. The van der Waals surface area contributed by atoms with E-state index >= 15 is 0 Å². The van der Waals surface area contributed by atoms with Gasteiger partial charge in [0.05, 0.1) is 22.2 Å². The van der Waals surface area contributed by atoms with Crippen molar-refractivity contribution in [2.45, 2.75) is 26.2 Å². The van der Waals surface area contributed by atoms with Crippen molar-refractivity contribution in [2.75, 3.05) is 17.2 Å². The maximum absolute atomic E-state index is 11.9. The molecule has 0 aliphatic rings. The minimum Gasteiger partial charge on any atom is -0.456 e. The lowest BCUT2D eigenvalue weighted by atomic mass is 10.1. The van der Waals surface area contributed by atoms with E-state index in [9.17, 15) is 14.4 Å². The van der Waals surface area contributed by atoms with Gasteiger partial charge in [0.25, 0.3) is 5.91 Å². The zero-order chi connectivity index (χ0) is 20.5. The predicted molar refractivity (Wildman–Crippen MR) is 110 cm³/mol. The third kappa shape index (κ3) is 6.87. The molecule has 0 atom stereocenters. The summed E-state index contributed by atoms with van der Waals surface area (Å²) < 4.78 is 4.89. The monoisotopic (exact) mass is 422 g/mol. The van der Waals surface area contributed by atoms with Crippen molar-refractivity contribution in [3.05, 3.63) is 58.1 Å². The molecule has 0 saturated carbocycles. The quantitative estimate of drug-likeness (QED) is 0.615. The molecular formula is C20H20Cl2N2O4. The maximum Gasteiger partial charge on any atom is 0.306 e. The van der Waals surface area contributed by atoms with Gasteiger partial charge in [-0.3, -0.25) is 14.4 Å². The van der Waals surface area contributed by atoms with Crippen LogP contribution in [0.3, 0.4) is 0 Å². The van der Waals surface area contributed by atoms with Crippen LogP contribution in [0.15, 0.2) is 42.5 Å². The number of rotatable bonds is 8. The highest BCUT2D eigenvalue weighted by Gasteiger charge is 2.12. The van der Waals surface area contributed by atoms with E-state index in [1.54, 1.807) is 30.3 Å². The van der Waals surface area contributed by atoms with Crippen LogP contribution >= 0.6 is 23.2 Å². The maximum atomic E-state index is 11.9. The van der Waals surface area contributed by atoms with Gasteiger partial charge in [-0.25, -0.2) is 0 Å². The molecule has 0 fully saturated rings. The van der Waals surface area contributed by atoms with Gasteiger partial charge >= 0.3 is 5.97 Å². The fraction of sp³-hybridized carbons (Fsp3) is 0.250. The van der Waals surface area contributed by atoms with Gasteiger partial charge in [0.1, 0.15) is 0 Å². The number of carbonyl (C=O) groups excluding carboxylic acids is 3. The molecule has 28 heavy (non-hydrogen) atoms. The molecule has 0 spiro atoms. The van der Waals surface area contributed by atoms with E-state index in [4.69, 9.17) is 27.9 Å². The summed E-state index contributed by atoms with van der Waals surface area (Å²) in [5, 5.41) is 5.75. The molecule has 6 nitrogen and oxygen atoms in total. The Hall–Kier alpha value is -2.57. The van der Waals surface area contributed by atoms with Crippen LogP contribution < -0.4 is 10.6 Å². The number of aryl methyl sites for hydroxylation is 1. The smallest absolute Gasteiger partial charge is 0.306 e. The number of esters is 1. The molecule has 2 aromatic rings. The number of benzene rings is 2. The van der Waals surface area contributed by atoms with Crippen molar-refractivity contribution in [3.8, 4) is 0 Å². The molecule has 0 aliphatic carbocycles. The molecule has 148 valence electrons. The minimum atomic E-state index is -0.649. The summed E-state index contributed by atoms with van der Waals surface area (Å²) in [7, 11) is 0. The lowest BCUT2D eigenvalue weighted by Gasteiger charge is -2.09. The van der Waals surface area contributed by atoms with Crippen LogP contribution in [-0.2, 0) is 25.5 Å². The van der Waals surface area contributed by atoms with Crippen molar-refractivity contribution in [1.82, 2.24) is 0 Å². The number of halogens is 2. The van der Waals surface area contributed by atoms with Crippen molar-refractivity contribution in [2.24, 2.45) is 0 Å². The van der Waals surface area contributed by atoms with Gasteiger partial charge in [-0.2, -0.15) is 0 Å². The summed E-state index contributed by atoms with van der Waals surface area (Å²) in [6.07, 6.45) is 0.632. The summed E-state index contributed by atoms with van der Waals surface area (Å²) >= 11 is 11.9. The number of carbonyl (C=O) groups is 3. The molecule has 0 aliphatic heterocycles. The number of ether oxygens (including phenoxy) is 1. The Kier molecular flexibility index (Phi) is 8.29. The highest BCUT2D eigenvalue weighted by atomic mass is 35.5. The van der Waals surface area contributed by atoms with E-state index in [2.05, 4.69) is 10.6 Å². The van der Waals surface area contributed by atoms with Crippen LogP contribution in [0.4, 0.5) is 11.4 Å². The lowest BCUT2D eigenvalue weighted by Crippen LogP contribution is -2.21. The fourth-order valence-electron chi connectivity index (χ4n) is 2.27. The Morgan fingerprint density at radius 2 is 1.64 bits per heavy atom. The molecule has 2 aromatic carbocycles. The van der Waals surface area contributed by atoms with Gasteiger partial charge < -0.3 is 15.4 Å². The molecular weight excluding hydrogens is 403 g/mol. The van der Waals surface area contributed by atoms with Crippen molar-refractivity contribution in [3.63, 3.8) is 0 Å². The zero-order valence-electron chi connectivity index (χ0n) is 15.3. The van der Waals surface area contributed by atoms with Gasteiger partial charge in [-0.15, -0.1) is 0 Å². The van der Waals surface area contributed by atoms with Crippen LogP contribution in [-0.4, -0.2) is 24.4 Å². The van der Waals surface area contributed by atoms with Gasteiger partial charge in [-0.1, -0.05) is 48.3 Å². The second-order valence-electron chi connectivity index (χ2n) is 5.91. The second kappa shape index (κ2) is 10.7. The average molecular weight is 423 g/mol. The molecule has 0 bridgehead atoms. The van der Waals surface area contributed by atoms with Gasteiger partial charge in [-0.05, 0) is 36.2 Å². The van der Waals surface area contributed by atoms with Crippen molar-refractivity contribution < 1.29 is 19.1 Å². The number of nitrogens with one attached hydrogen (secondary N) is 2. The molecule has 2 N–H and O–H groups in total. The first-order valence-electron chi connectivity index (χ1n) is 8.67. The third-order valence-corrected chi connectivity index (χ3v) is 4.61. The van der Waals surface area contributed by atoms with Crippen LogP contribution in [0.1, 0.15) is 25.3 Å². The minimum absolute atomic E-state index is 0.109. The topological polar surface area (TPSA) is 84.5 Å². The SMILES string of the molecule is CCc1ccc(NC(=O)COC(=O)CCC(=O)Nc2cccc(Cl)c2Cl)cc1. The highest BCUT2D eigenvalue weighted by molar-refractivity contribution is 6.44. The molecule has 0 unspecified atom stereocenters. The standard InChI is InChI=1S/C20H20Cl2N2O4/c1-2-13-6-8-14(9-7-13)23-18(26)12-28-19(27)11-10-17(25)24-16-5-3-4-15(21)20(16)22/h3-9H,2,10-12H2,1H3,(H,23,26)(H,24,25). The Balaban J connectivity index is 1.70. The predicted octanol–water partition coefficient (Wildman–Crippen LogP) is 4.46. The van der Waals surface area contributed by atoms with Gasteiger partial charge in [0, 0.05) is 12.1 Å². The first-order valence-corrected chi connectivity index (χ1v) is 9.43. The normalized spacial score (nSPS) is 10.2. The van der Waals surface area contributed by atoms with E-state index in [0.29, 0.717) is 16.4 Å². The third-order valence-electron chi connectivity index (χ3n) is 3.79. The lowest BCUT2D eigenvalue weighted by molar-refractivity contribution is -0.147. The van der Waals surface area contributed by atoms with E-state index < -0.39 is 24.4 Å². The summed E-state index contributed by atoms with van der Waals surface area (Å²) in [4.78, 5) is 35.5. The Morgan fingerprint density at radius 1 is 0.929 bits per heavy atom. The Morgan fingerprint density at radius 3 is 2.32 bits per heavy atom. The van der Waals surface area contributed by atoms with Crippen LogP contribution in [0.25, 0.3) is 0 Å². The largest absolute Gasteiger partial charge is 0.456 e. The number of hydrogen-bond acceptors (Lipinski definition) is 4. The van der Waals surface area contributed by atoms with E-state index in [-0.39, 0.29) is 17.9 Å². The highest BCUT2D eigenvalue weighted by Crippen LogP contribution is 2.29. The number of amides is 2. The molecule has 0 radical (unpaired) electrons. The Bertz CT molecular complexity index is 854. The van der Waals surface area contributed by atoms with Crippen molar-refractivity contribution >= 4 is 52.4 Å². The summed E-state index contributed by atoms with van der Waals surface area (Å²) in [6.45, 7) is 1.62. The molecule has 0 aromatic heterocycles. The molecule has 0 saturated heterocycles. The van der Waals surface area contributed by atoms with E-state index in [1.165, 1.54) is 0 Å².